The van der Waals surface area contributed by atoms with Crippen LogP contribution < -0.4 is 5.69 Å². The SMILES string of the molecule is O=c1[nH]c2ccccc2n1CCCSCc1cccc(Cl)c1. The van der Waals surface area contributed by atoms with Gasteiger partial charge in [0, 0.05) is 17.3 Å². The first kappa shape index (κ1) is 15.3. The number of benzene rings is 2. The zero-order valence-electron chi connectivity index (χ0n) is 12.1. The fourth-order valence-corrected chi connectivity index (χ4v) is 3.58. The van der Waals surface area contributed by atoms with Crippen LogP contribution in [0.5, 0.6) is 0 Å². The maximum absolute atomic E-state index is 11.9. The van der Waals surface area contributed by atoms with Gasteiger partial charge in [-0.1, -0.05) is 35.9 Å². The Labute approximate surface area is 138 Å². The highest BCUT2D eigenvalue weighted by molar-refractivity contribution is 7.98. The van der Waals surface area contributed by atoms with Crippen molar-refractivity contribution in [3.8, 4) is 0 Å². The average Bonchev–Trinajstić information content (AvgIpc) is 2.83. The van der Waals surface area contributed by atoms with Gasteiger partial charge in [0.25, 0.3) is 0 Å². The van der Waals surface area contributed by atoms with Crippen LogP contribution in [0.2, 0.25) is 5.02 Å². The first-order chi connectivity index (χ1) is 10.7. The summed E-state index contributed by atoms with van der Waals surface area (Å²) in [5.74, 6) is 1.96. The fraction of sp³-hybridized carbons (Fsp3) is 0.235. The second-order valence-electron chi connectivity index (χ2n) is 5.13. The van der Waals surface area contributed by atoms with E-state index in [-0.39, 0.29) is 5.69 Å². The number of fused-ring (bicyclic) bond motifs is 1. The van der Waals surface area contributed by atoms with E-state index in [2.05, 4.69) is 11.1 Å². The molecule has 0 saturated heterocycles. The molecule has 0 fully saturated rings. The van der Waals surface area contributed by atoms with Crippen LogP contribution >= 0.6 is 23.4 Å². The van der Waals surface area contributed by atoms with Gasteiger partial charge in [0.05, 0.1) is 11.0 Å². The van der Waals surface area contributed by atoms with Crippen molar-refractivity contribution in [3.05, 3.63) is 69.6 Å². The lowest BCUT2D eigenvalue weighted by Crippen LogP contribution is -2.17. The molecular formula is C17H17ClN2OS. The fourth-order valence-electron chi connectivity index (χ4n) is 2.47. The molecule has 0 bridgehead atoms. The van der Waals surface area contributed by atoms with Crippen LogP contribution in [0, 0.1) is 0 Å². The Bertz CT molecular complexity index is 825. The minimum Gasteiger partial charge on any atom is -0.306 e. The molecule has 1 N–H and O–H groups in total. The van der Waals surface area contributed by atoms with Crippen molar-refractivity contribution in [2.45, 2.75) is 18.7 Å². The number of nitrogens with zero attached hydrogens (tertiary/aromatic N) is 1. The molecule has 0 aliphatic carbocycles. The molecule has 0 aliphatic rings. The quantitative estimate of drug-likeness (QED) is 0.683. The van der Waals surface area contributed by atoms with E-state index >= 15 is 0 Å². The van der Waals surface area contributed by atoms with Gasteiger partial charge < -0.3 is 4.98 Å². The van der Waals surface area contributed by atoms with Crippen molar-refractivity contribution in [1.29, 1.82) is 0 Å². The van der Waals surface area contributed by atoms with Gasteiger partial charge in [0.2, 0.25) is 0 Å². The topological polar surface area (TPSA) is 37.8 Å². The number of rotatable bonds is 6. The maximum atomic E-state index is 11.9. The molecule has 0 spiro atoms. The zero-order chi connectivity index (χ0) is 15.4. The summed E-state index contributed by atoms with van der Waals surface area (Å²) < 4.78 is 1.81. The van der Waals surface area contributed by atoms with Crippen LogP contribution in [0.25, 0.3) is 11.0 Å². The van der Waals surface area contributed by atoms with E-state index in [9.17, 15) is 4.79 Å². The van der Waals surface area contributed by atoms with Crippen molar-refractivity contribution < 1.29 is 0 Å². The number of aromatic nitrogens is 2. The highest BCUT2D eigenvalue weighted by atomic mass is 35.5. The first-order valence-corrected chi connectivity index (χ1v) is 8.77. The smallest absolute Gasteiger partial charge is 0.306 e. The molecule has 1 heterocycles. The van der Waals surface area contributed by atoms with Crippen molar-refractivity contribution in [3.63, 3.8) is 0 Å². The molecule has 3 rings (SSSR count). The number of aromatic amines is 1. The van der Waals surface area contributed by atoms with Crippen molar-refractivity contribution in [2.24, 2.45) is 0 Å². The minimum atomic E-state index is -0.0268. The lowest BCUT2D eigenvalue weighted by molar-refractivity contribution is 0.679. The highest BCUT2D eigenvalue weighted by Gasteiger charge is 2.05. The summed E-state index contributed by atoms with van der Waals surface area (Å²) in [6.07, 6.45) is 0.965. The lowest BCUT2D eigenvalue weighted by atomic mass is 10.2. The van der Waals surface area contributed by atoms with E-state index in [0.717, 1.165) is 40.5 Å². The van der Waals surface area contributed by atoms with Crippen LogP contribution in [0.3, 0.4) is 0 Å². The van der Waals surface area contributed by atoms with E-state index in [0.29, 0.717) is 0 Å². The number of para-hydroxylation sites is 2. The predicted octanol–water partition coefficient (Wildman–Crippen LogP) is 4.31. The number of aryl methyl sites for hydroxylation is 1. The number of imidazole rings is 1. The van der Waals surface area contributed by atoms with Crippen molar-refractivity contribution in [2.75, 3.05) is 5.75 Å². The number of hydrogen-bond donors (Lipinski definition) is 1. The van der Waals surface area contributed by atoms with Gasteiger partial charge in [-0.05, 0) is 42.0 Å². The zero-order valence-corrected chi connectivity index (χ0v) is 13.7. The second kappa shape index (κ2) is 7.07. The Morgan fingerprint density at radius 3 is 2.86 bits per heavy atom. The Balaban J connectivity index is 1.52. The van der Waals surface area contributed by atoms with Gasteiger partial charge in [-0.25, -0.2) is 4.79 Å². The summed E-state index contributed by atoms with van der Waals surface area (Å²) in [4.78, 5) is 14.8. The van der Waals surface area contributed by atoms with Gasteiger partial charge in [0.1, 0.15) is 0 Å². The largest absolute Gasteiger partial charge is 0.326 e. The molecule has 0 saturated carbocycles. The standard InChI is InChI=1S/C17H17ClN2OS/c18-14-6-3-5-13(11-14)12-22-10-4-9-20-16-8-2-1-7-15(16)19-17(20)21/h1-3,5-8,11H,4,9-10,12H2,(H,19,21). The van der Waals surface area contributed by atoms with E-state index < -0.39 is 0 Å². The van der Waals surface area contributed by atoms with Gasteiger partial charge in [-0.15, -0.1) is 0 Å². The van der Waals surface area contributed by atoms with E-state index in [1.54, 1.807) is 0 Å². The van der Waals surface area contributed by atoms with Crippen LogP contribution in [0.15, 0.2) is 53.3 Å². The van der Waals surface area contributed by atoms with Crippen molar-refractivity contribution in [1.82, 2.24) is 9.55 Å². The summed E-state index contributed by atoms with van der Waals surface area (Å²) in [5.41, 5.74) is 3.09. The van der Waals surface area contributed by atoms with Crippen LogP contribution in [0.4, 0.5) is 0 Å². The normalized spacial score (nSPS) is 11.1. The molecular weight excluding hydrogens is 316 g/mol. The second-order valence-corrected chi connectivity index (χ2v) is 6.68. The number of hydrogen-bond acceptors (Lipinski definition) is 2. The molecule has 3 aromatic rings. The van der Waals surface area contributed by atoms with Gasteiger partial charge in [-0.2, -0.15) is 11.8 Å². The number of nitrogens with one attached hydrogen (secondary N) is 1. The third kappa shape index (κ3) is 3.57. The molecule has 3 nitrogen and oxygen atoms in total. The summed E-state index contributed by atoms with van der Waals surface area (Å²) in [6.45, 7) is 0.741. The minimum absolute atomic E-state index is 0.0268. The predicted molar refractivity (Wildman–Crippen MR) is 94.8 cm³/mol. The van der Waals surface area contributed by atoms with Crippen LogP contribution in [-0.2, 0) is 12.3 Å². The number of H-pyrrole nitrogens is 1. The van der Waals surface area contributed by atoms with Gasteiger partial charge in [0.15, 0.2) is 0 Å². The Hall–Kier alpha value is -1.65. The Morgan fingerprint density at radius 1 is 1.14 bits per heavy atom. The molecule has 22 heavy (non-hydrogen) atoms. The van der Waals surface area contributed by atoms with Gasteiger partial charge in [-0.3, -0.25) is 4.57 Å². The van der Waals surface area contributed by atoms with E-state index in [1.165, 1.54) is 5.56 Å². The van der Waals surface area contributed by atoms with E-state index in [1.807, 2.05) is 58.8 Å². The molecule has 0 amide bonds. The molecule has 0 unspecified atom stereocenters. The van der Waals surface area contributed by atoms with Gasteiger partial charge >= 0.3 is 5.69 Å². The third-order valence-electron chi connectivity index (χ3n) is 3.51. The molecule has 0 radical (unpaired) electrons. The number of halogens is 1. The molecule has 1 aromatic heterocycles. The van der Waals surface area contributed by atoms with E-state index in [4.69, 9.17) is 11.6 Å². The van der Waals surface area contributed by atoms with Crippen LogP contribution in [-0.4, -0.2) is 15.3 Å². The molecule has 5 heteroatoms. The summed E-state index contributed by atoms with van der Waals surface area (Å²) in [6, 6.07) is 15.8. The molecule has 114 valence electrons. The monoisotopic (exact) mass is 332 g/mol. The molecule has 0 atom stereocenters. The van der Waals surface area contributed by atoms with Crippen molar-refractivity contribution >= 4 is 34.4 Å². The van der Waals surface area contributed by atoms with Crippen LogP contribution in [0.1, 0.15) is 12.0 Å². The lowest BCUT2D eigenvalue weighted by Gasteiger charge is -2.04. The summed E-state index contributed by atoms with van der Waals surface area (Å²) in [7, 11) is 0. The maximum Gasteiger partial charge on any atom is 0.326 e. The number of thioether (sulfide) groups is 1. The summed E-state index contributed by atoms with van der Waals surface area (Å²) in [5, 5.41) is 0.781. The first-order valence-electron chi connectivity index (χ1n) is 7.24. The summed E-state index contributed by atoms with van der Waals surface area (Å²) >= 11 is 7.84. The third-order valence-corrected chi connectivity index (χ3v) is 4.86. The Kier molecular flexibility index (Phi) is 4.90. The molecule has 0 aliphatic heterocycles. The Morgan fingerprint density at radius 2 is 2.00 bits per heavy atom. The molecule has 2 aromatic carbocycles. The highest BCUT2D eigenvalue weighted by Crippen LogP contribution is 2.17. The average molecular weight is 333 g/mol.